The van der Waals surface area contributed by atoms with Crippen molar-refractivity contribution in [3.63, 3.8) is 0 Å². The summed E-state index contributed by atoms with van der Waals surface area (Å²) in [6.07, 6.45) is -1.34. The molecule has 1 fully saturated rings. The van der Waals surface area contributed by atoms with Crippen molar-refractivity contribution >= 4 is 21.8 Å². The van der Waals surface area contributed by atoms with Gasteiger partial charge in [-0.1, -0.05) is 0 Å². The lowest BCUT2D eigenvalue weighted by Gasteiger charge is -2.26. The Bertz CT molecular complexity index is 282. The van der Waals surface area contributed by atoms with Crippen molar-refractivity contribution in [1.82, 2.24) is 14.3 Å². The maximum atomic E-state index is 12.7. The molecule has 0 saturated carbocycles. The standard InChI is InChI=1S/C7H15ClFN3O2S/c8-5-7(9)6-11-15(13,14)12-3-1-10-2-4-12/h7,10-11H,1-6H2. The van der Waals surface area contributed by atoms with Crippen LogP contribution in [0.3, 0.4) is 0 Å². The summed E-state index contributed by atoms with van der Waals surface area (Å²) in [6.45, 7) is 1.79. The molecule has 2 N–H and O–H groups in total. The Kier molecular flexibility index (Phi) is 5.20. The second-order valence-corrected chi connectivity index (χ2v) is 5.32. The predicted octanol–water partition coefficient (Wildman–Crippen LogP) is -0.697. The summed E-state index contributed by atoms with van der Waals surface area (Å²) in [6, 6.07) is 0. The Morgan fingerprint density at radius 1 is 1.47 bits per heavy atom. The van der Waals surface area contributed by atoms with Crippen LogP contribution < -0.4 is 10.0 Å². The Morgan fingerprint density at radius 2 is 2.07 bits per heavy atom. The second kappa shape index (κ2) is 5.95. The first kappa shape index (κ1) is 13.1. The third-order valence-electron chi connectivity index (χ3n) is 2.07. The van der Waals surface area contributed by atoms with Gasteiger partial charge in [-0.25, -0.2) is 4.39 Å². The van der Waals surface area contributed by atoms with Gasteiger partial charge in [0.05, 0.1) is 5.88 Å². The third-order valence-corrected chi connectivity index (χ3v) is 3.98. The van der Waals surface area contributed by atoms with Gasteiger partial charge in [0, 0.05) is 32.7 Å². The zero-order valence-corrected chi connectivity index (χ0v) is 9.82. The average molecular weight is 260 g/mol. The van der Waals surface area contributed by atoms with E-state index in [1.807, 2.05) is 0 Å². The SMILES string of the molecule is O=S(=O)(NCC(F)CCl)N1CCNCC1. The summed E-state index contributed by atoms with van der Waals surface area (Å²) >= 11 is 5.23. The molecule has 0 radical (unpaired) electrons. The van der Waals surface area contributed by atoms with Gasteiger partial charge in [0.15, 0.2) is 0 Å². The molecular weight excluding hydrogens is 245 g/mol. The molecule has 1 aliphatic rings. The van der Waals surface area contributed by atoms with E-state index in [4.69, 9.17) is 11.6 Å². The molecule has 0 aromatic rings. The molecule has 1 rings (SSSR count). The molecule has 8 heteroatoms. The highest BCUT2D eigenvalue weighted by atomic mass is 35.5. The predicted molar refractivity (Wildman–Crippen MR) is 57.0 cm³/mol. The molecule has 0 aromatic carbocycles. The van der Waals surface area contributed by atoms with Crippen molar-refractivity contribution < 1.29 is 12.8 Å². The number of hydrogen-bond acceptors (Lipinski definition) is 3. The van der Waals surface area contributed by atoms with Crippen molar-refractivity contribution in [1.29, 1.82) is 0 Å². The van der Waals surface area contributed by atoms with Gasteiger partial charge in [-0.05, 0) is 0 Å². The Hall–Kier alpha value is 0.0500. The van der Waals surface area contributed by atoms with E-state index in [0.717, 1.165) is 0 Å². The molecule has 1 heterocycles. The number of nitrogens with zero attached hydrogens (tertiary/aromatic N) is 1. The quantitative estimate of drug-likeness (QED) is 0.642. The van der Waals surface area contributed by atoms with Gasteiger partial charge >= 0.3 is 0 Å². The zero-order chi connectivity index (χ0) is 11.3. The Morgan fingerprint density at radius 3 is 2.60 bits per heavy atom. The van der Waals surface area contributed by atoms with Crippen molar-refractivity contribution in [3.8, 4) is 0 Å². The van der Waals surface area contributed by atoms with Crippen LogP contribution in [0.2, 0.25) is 0 Å². The molecule has 1 saturated heterocycles. The number of nitrogens with one attached hydrogen (secondary N) is 2. The van der Waals surface area contributed by atoms with Crippen LogP contribution in [0.4, 0.5) is 4.39 Å². The molecule has 0 aromatic heterocycles. The lowest BCUT2D eigenvalue weighted by molar-refractivity contribution is 0.337. The molecule has 1 aliphatic heterocycles. The largest absolute Gasteiger partial charge is 0.314 e. The van der Waals surface area contributed by atoms with Gasteiger partial charge in [0.1, 0.15) is 6.17 Å². The van der Waals surface area contributed by atoms with Crippen molar-refractivity contribution in [2.24, 2.45) is 0 Å². The smallest absolute Gasteiger partial charge is 0.279 e. The van der Waals surface area contributed by atoms with Crippen LogP contribution in [0.1, 0.15) is 0 Å². The average Bonchev–Trinajstić information content (AvgIpc) is 2.27. The molecule has 15 heavy (non-hydrogen) atoms. The summed E-state index contributed by atoms with van der Waals surface area (Å²) < 4.78 is 39.4. The maximum Gasteiger partial charge on any atom is 0.279 e. The summed E-state index contributed by atoms with van der Waals surface area (Å²) in [5.74, 6) is -0.204. The van der Waals surface area contributed by atoms with E-state index >= 15 is 0 Å². The number of rotatable bonds is 5. The van der Waals surface area contributed by atoms with Gasteiger partial charge in [0.2, 0.25) is 0 Å². The van der Waals surface area contributed by atoms with Gasteiger partial charge in [0.25, 0.3) is 10.2 Å². The second-order valence-electron chi connectivity index (χ2n) is 3.25. The van der Waals surface area contributed by atoms with Gasteiger partial charge in [-0.3, -0.25) is 0 Å². The summed E-state index contributed by atoms with van der Waals surface area (Å²) in [4.78, 5) is 0. The first-order chi connectivity index (χ1) is 7.06. The van der Waals surface area contributed by atoms with Crippen molar-refractivity contribution in [2.45, 2.75) is 6.17 Å². The number of alkyl halides is 2. The highest BCUT2D eigenvalue weighted by Crippen LogP contribution is 2.01. The van der Waals surface area contributed by atoms with Crippen LogP contribution in [0.5, 0.6) is 0 Å². The molecule has 0 aliphatic carbocycles. The van der Waals surface area contributed by atoms with Crippen molar-refractivity contribution in [3.05, 3.63) is 0 Å². The minimum absolute atomic E-state index is 0.204. The van der Waals surface area contributed by atoms with Gasteiger partial charge < -0.3 is 5.32 Å². The van der Waals surface area contributed by atoms with E-state index in [9.17, 15) is 12.8 Å². The van der Waals surface area contributed by atoms with Crippen LogP contribution in [-0.4, -0.2) is 57.5 Å². The van der Waals surface area contributed by atoms with E-state index in [-0.39, 0.29) is 12.4 Å². The topological polar surface area (TPSA) is 61.4 Å². The number of halogens is 2. The molecule has 90 valence electrons. The van der Waals surface area contributed by atoms with Gasteiger partial charge in [-0.15, -0.1) is 11.6 Å². The lowest BCUT2D eigenvalue weighted by atomic mass is 10.4. The molecule has 5 nitrogen and oxygen atoms in total. The molecule has 1 unspecified atom stereocenters. The summed E-state index contributed by atoms with van der Waals surface area (Å²) in [5, 5.41) is 3.03. The molecular formula is C7H15ClFN3O2S. The fraction of sp³-hybridized carbons (Fsp3) is 1.00. The highest BCUT2D eigenvalue weighted by Gasteiger charge is 2.23. The van der Waals surface area contributed by atoms with Crippen LogP contribution in [0, 0.1) is 0 Å². The first-order valence-electron chi connectivity index (χ1n) is 4.72. The maximum absolute atomic E-state index is 12.7. The van der Waals surface area contributed by atoms with Gasteiger partial charge in [-0.2, -0.15) is 17.4 Å². The number of hydrogen-bond donors (Lipinski definition) is 2. The van der Waals surface area contributed by atoms with Crippen LogP contribution in [-0.2, 0) is 10.2 Å². The number of piperazine rings is 1. The Labute approximate surface area is 94.1 Å². The van der Waals surface area contributed by atoms with Crippen molar-refractivity contribution in [2.75, 3.05) is 38.6 Å². The fourth-order valence-electron chi connectivity index (χ4n) is 1.23. The van der Waals surface area contributed by atoms with Crippen LogP contribution >= 0.6 is 11.6 Å². The molecule has 0 bridgehead atoms. The normalized spacial score (nSPS) is 21.5. The summed E-state index contributed by atoms with van der Waals surface area (Å²) in [7, 11) is -3.54. The highest BCUT2D eigenvalue weighted by molar-refractivity contribution is 7.87. The monoisotopic (exact) mass is 259 g/mol. The van der Waals surface area contributed by atoms with E-state index in [0.29, 0.717) is 26.2 Å². The fourth-order valence-corrected chi connectivity index (χ4v) is 2.57. The van der Waals surface area contributed by atoms with Crippen LogP contribution in [0.15, 0.2) is 0 Å². The Balaban J connectivity index is 2.43. The van der Waals surface area contributed by atoms with E-state index in [1.165, 1.54) is 4.31 Å². The third kappa shape index (κ3) is 4.20. The lowest BCUT2D eigenvalue weighted by Crippen LogP contribution is -2.51. The van der Waals surface area contributed by atoms with E-state index in [1.54, 1.807) is 0 Å². The minimum Gasteiger partial charge on any atom is -0.314 e. The zero-order valence-electron chi connectivity index (χ0n) is 8.25. The summed E-state index contributed by atoms with van der Waals surface area (Å²) in [5.41, 5.74) is 0. The molecule has 0 spiro atoms. The molecule has 1 atom stereocenters. The van der Waals surface area contributed by atoms with E-state index < -0.39 is 16.4 Å². The minimum atomic E-state index is -3.54. The van der Waals surface area contributed by atoms with Crippen LogP contribution in [0.25, 0.3) is 0 Å². The van der Waals surface area contributed by atoms with E-state index in [2.05, 4.69) is 10.0 Å². The molecule has 0 amide bonds. The first-order valence-corrected chi connectivity index (χ1v) is 6.69.